The summed E-state index contributed by atoms with van der Waals surface area (Å²) in [6.45, 7) is 9.11. The van der Waals surface area contributed by atoms with Crippen molar-refractivity contribution in [2.75, 3.05) is 26.3 Å². The van der Waals surface area contributed by atoms with Crippen LogP contribution in [0.1, 0.15) is 27.2 Å². The lowest BCUT2D eigenvalue weighted by molar-refractivity contribution is -0.134. The van der Waals surface area contributed by atoms with Gasteiger partial charge in [-0.15, -0.1) is 10.2 Å². The number of benzene rings is 1. The fourth-order valence-corrected chi connectivity index (χ4v) is 4.59. The van der Waals surface area contributed by atoms with Crippen molar-refractivity contribution in [3.8, 4) is 0 Å². The molecule has 2 aromatic heterocycles. The van der Waals surface area contributed by atoms with Crippen LogP contribution < -0.4 is 5.56 Å². The Kier molecular flexibility index (Phi) is 6.10. The van der Waals surface area contributed by atoms with Gasteiger partial charge in [0.2, 0.25) is 11.7 Å². The van der Waals surface area contributed by atoms with Gasteiger partial charge in [-0.3, -0.25) is 18.6 Å². The van der Waals surface area contributed by atoms with Crippen LogP contribution in [-0.2, 0) is 16.1 Å². The Labute approximate surface area is 179 Å². The monoisotopic (exact) mass is 429 g/mol. The average molecular weight is 430 g/mol. The molecule has 160 valence electrons. The van der Waals surface area contributed by atoms with Crippen LogP contribution in [0.3, 0.4) is 0 Å². The standard InChI is InChI=1S/C21H27N5O3S/c1-14(2)8-9-25-19(28)16-6-4-5-7-17(16)26-20(25)22-23-21(26)30-15(3)18(27)24-10-12-29-13-11-24/h4-7,14-15H,8-13H2,1-3H3. The van der Waals surface area contributed by atoms with E-state index in [1.807, 2.05) is 40.5 Å². The molecular formula is C21H27N5O3S. The highest BCUT2D eigenvalue weighted by molar-refractivity contribution is 8.00. The Morgan fingerprint density at radius 3 is 2.63 bits per heavy atom. The first kappa shape index (κ1) is 20.9. The van der Waals surface area contributed by atoms with Gasteiger partial charge >= 0.3 is 0 Å². The maximum Gasteiger partial charge on any atom is 0.262 e. The van der Waals surface area contributed by atoms with Gasteiger partial charge < -0.3 is 9.64 Å². The van der Waals surface area contributed by atoms with Crippen molar-refractivity contribution in [3.63, 3.8) is 0 Å². The molecule has 0 saturated carbocycles. The number of hydrogen-bond acceptors (Lipinski definition) is 6. The number of hydrogen-bond donors (Lipinski definition) is 0. The van der Waals surface area contributed by atoms with Crippen molar-refractivity contribution in [2.24, 2.45) is 5.92 Å². The fourth-order valence-electron chi connectivity index (χ4n) is 3.65. The summed E-state index contributed by atoms with van der Waals surface area (Å²) in [6, 6.07) is 7.50. The number of morpholine rings is 1. The van der Waals surface area contributed by atoms with Gasteiger partial charge in [0.15, 0.2) is 5.16 Å². The molecule has 1 unspecified atom stereocenters. The lowest BCUT2D eigenvalue weighted by Crippen LogP contribution is -2.44. The quantitative estimate of drug-likeness (QED) is 0.560. The number of nitrogens with zero attached hydrogens (tertiary/aromatic N) is 5. The summed E-state index contributed by atoms with van der Waals surface area (Å²) in [7, 11) is 0. The SMILES string of the molecule is CC(C)CCn1c(=O)c2ccccc2n2c(SC(C)C(=O)N3CCOCC3)nnc12. The molecule has 0 bridgehead atoms. The minimum absolute atomic E-state index is 0.0554. The molecule has 8 nitrogen and oxygen atoms in total. The average Bonchev–Trinajstić information content (AvgIpc) is 3.17. The van der Waals surface area contributed by atoms with Crippen molar-refractivity contribution in [1.82, 2.24) is 24.1 Å². The van der Waals surface area contributed by atoms with Gasteiger partial charge in [-0.1, -0.05) is 37.7 Å². The first-order chi connectivity index (χ1) is 14.5. The third-order valence-corrected chi connectivity index (χ3v) is 6.39. The smallest absolute Gasteiger partial charge is 0.262 e. The number of aromatic nitrogens is 4. The van der Waals surface area contributed by atoms with Crippen molar-refractivity contribution >= 4 is 34.3 Å². The zero-order chi connectivity index (χ0) is 21.3. The normalized spacial score (nSPS) is 15.9. The predicted octanol–water partition coefficient (Wildman–Crippen LogP) is 2.43. The number of fused-ring (bicyclic) bond motifs is 3. The molecule has 9 heteroatoms. The summed E-state index contributed by atoms with van der Waals surface area (Å²) in [5, 5.41) is 9.64. The predicted molar refractivity (Wildman–Crippen MR) is 117 cm³/mol. The molecule has 1 aliphatic rings. The van der Waals surface area contributed by atoms with E-state index in [2.05, 4.69) is 24.0 Å². The van der Waals surface area contributed by atoms with E-state index in [0.29, 0.717) is 55.1 Å². The molecule has 1 aliphatic heterocycles. The summed E-state index contributed by atoms with van der Waals surface area (Å²) >= 11 is 1.38. The molecule has 4 rings (SSSR count). The third-order valence-electron chi connectivity index (χ3n) is 5.36. The number of carbonyl (C=O) groups is 1. The highest BCUT2D eigenvalue weighted by atomic mass is 32.2. The summed E-state index contributed by atoms with van der Waals surface area (Å²) in [4.78, 5) is 27.8. The van der Waals surface area contributed by atoms with Gasteiger partial charge in [-0.25, -0.2) is 0 Å². The molecule has 3 heterocycles. The fraction of sp³-hybridized carbons (Fsp3) is 0.524. The summed E-state index contributed by atoms with van der Waals surface area (Å²) in [5.41, 5.74) is 0.706. The zero-order valence-corrected chi connectivity index (χ0v) is 18.4. The minimum atomic E-state index is -0.315. The summed E-state index contributed by atoms with van der Waals surface area (Å²) in [5.74, 6) is 1.05. The maximum absolute atomic E-state index is 13.1. The lowest BCUT2D eigenvalue weighted by atomic mass is 10.1. The maximum atomic E-state index is 13.1. The number of rotatable bonds is 6. The van der Waals surface area contributed by atoms with E-state index < -0.39 is 0 Å². The third kappa shape index (κ3) is 3.96. The van der Waals surface area contributed by atoms with E-state index in [1.165, 1.54) is 11.8 Å². The number of para-hydroxylation sites is 1. The second-order valence-corrected chi connectivity index (χ2v) is 9.28. The summed E-state index contributed by atoms with van der Waals surface area (Å²) < 4.78 is 8.96. The molecule has 0 radical (unpaired) electrons. The molecular weight excluding hydrogens is 402 g/mol. The second-order valence-electron chi connectivity index (χ2n) is 7.97. The number of carbonyl (C=O) groups excluding carboxylic acids is 1. The lowest BCUT2D eigenvalue weighted by Gasteiger charge is -2.28. The number of aryl methyl sites for hydroxylation is 1. The molecule has 0 N–H and O–H groups in total. The van der Waals surface area contributed by atoms with E-state index in [4.69, 9.17) is 4.74 Å². The van der Waals surface area contributed by atoms with Crippen LogP contribution in [0.2, 0.25) is 0 Å². The number of thioether (sulfide) groups is 1. The molecule has 1 aromatic carbocycles. The van der Waals surface area contributed by atoms with Crippen LogP contribution in [-0.4, -0.2) is 61.5 Å². The number of ether oxygens (including phenoxy) is 1. The molecule has 1 atom stereocenters. The van der Waals surface area contributed by atoms with Crippen molar-refractivity contribution in [2.45, 2.75) is 44.1 Å². The molecule has 1 fully saturated rings. The molecule has 30 heavy (non-hydrogen) atoms. The Morgan fingerprint density at radius 2 is 1.90 bits per heavy atom. The van der Waals surface area contributed by atoms with Gasteiger partial charge in [0.1, 0.15) is 0 Å². The van der Waals surface area contributed by atoms with Gasteiger partial charge in [0.05, 0.1) is 29.4 Å². The molecule has 1 amide bonds. The first-order valence-corrected chi connectivity index (χ1v) is 11.2. The van der Waals surface area contributed by atoms with Crippen LogP contribution in [0.25, 0.3) is 16.7 Å². The molecule has 0 spiro atoms. The van der Waals surface area contributed by atoms with Crippen molar-refractivity contribution in [1.29, 1.82) is 0 Å². The van der Waals surface area contributed by atoms with Gasteiger partial charge in [-0.05, 0) is 31.4 Å². The highest BCUT2D eigenvalue weighted by Gasteiger charge is 2.26. The largest absolute Gasteiger partial charge is 0.378 e. The van der Waals surface area contributed by atoms with Crippen LogP contribution >= 0.6 is 11.8 Å². The van der Waals surface area contributed by atoms with Gasteiger partial charge in [-0.2, -0.15) is 0 Å². The van der Waals surface area contributed by atoms with E-state index in [1.54, 1.807) is 4.57 Å². The van der Waals surface area contributed by atoms with Gasteiger partial charge in [0.25, 0.3) is 5.56 Å². The van der Waals surface area contributed by atoms with Crippen LogP contribution in [0.15, 0.2) is 34.2 Å². The molecule has 3 aromatic rings. The van der Waals surface area contributed by atoms with Crippen LogP contribution in [0.4, 0.5) is 0 Å². The Hall–Kier alpha value is -2.39. The minimum Gasteiger partial charge on any atom is -0.378 e. The van der Waals surface area contributed by atoms with Crippen molar-refractivity contribution < 1.29 is 9.53 Å². The molecule has 1 saturated heterocycles. The second kappa shape index (κ2) is 8.77. The van der Waals surface area contributed by atoms with Crippen LogP contribution in [0.5, 0.6) is 0 Å². The zero-order valence-electron chi connectivity index (χ0n) is 17.6. The topological polar surface area (TPSA) is 81.7 Å². The Bertz CT molecular complexity index is 1120. The van der Waals surface area contributed by atoms with Crippen LogP contribution in [0, 0.1) is 5.92 Å². The van der Waals surface area contributed by atoms with E-state index in [0.717, 1.165) is 11.9 Å². The number of amides is 1. The summed E-state index contributed by atoms with van der Waals surface area (Å²) in [6.07, 6.45) is 0.870. The molecule has 0 aliphatic carbocycles. The van der Waals surface area contributed by atoms with Gasteiger partial charge in [0, 0.05) is 19.6 Å². The van der Waals surface area contributed by atoms with E-state index in [-0.39, 0.29) is 16.7 Å². The Morgan fingerprint density at radius 1 is 1.17 bits per heavy atom. The highest BCUT2D eigenvalue weighted by Crippen LogP contribution is 2.26. The Balaban J connectivity index is 1.74. The first-order valence-electron chi connectivity index (χ1n) is 10.4. The van der Waals surface area contributed by atoms with E-state index in [9.17, 15) is 9.59 Å². The van der Waals surface area contributed by atoms with Crippen molar-refractivity contribution in [3.05, 3.63) is 34.6 Å². The van der Waals surface area contributed by atoms with E-state index >= 15 is 0 Å².